The summed E-state index contributed by atoms with van der Waals surface area (Å²) in [7, 11) is 0. The number of aromatic nitrogens is 3. The minimum atomic E-state index is -4.35. The van der Waals surface area contributed by atoms with E-state index in [9.17, 15) is 27.6 Å². The number of nitrogens with zero attached hydrogens (tertiary/aromatic N) is 6. The highest BCUT2D eigenvalue weighted by Gasteiger charge is 2.44. The number of carbonyl (C=O) groups excluding carboxylic acids is 3. The molecule has 0 aliphatic carbocycles. The number of imide groups is 1. The van der Waals surface area contributed by atoms with Crippen LogP contribution in [0.5, 0.6) is 5.75 Å². The number of carbonyl (C=O) groups is 3. The summed E-state index contributed by atoms with van der Waals surface area (Å²) in [6.07, 6.45) is 3.24. The summed E-state index contributed by atoms with van der Waals surface area (Å²) in [5.74, 6) is -0.949. The normalized spacial score (nSPS) is 17.8. The smallest absolute Gasteiger partial charge is 0.406 e. The molecule has 0 saturated carbocycles. The molecule has 3 aromatic heterocycles. The number of nitrogens with one attached hydrogen (secondary N) is 1. The lowest BCUT2D eigenvalue weighted by molar-refractivity contribution is -0.139. The van der Waals surface area contributed by atoms with E-state index in [0.29, 0.717) is 67.1 Å². The number of ether oxygens (including phenoxy) is 3. The average Bonchev–Trinajstić information content (AvgIpc) is 3.68. The number of benzene rings is 2. The second-order valence-electron chi connectivity index (χ2n) is 15.6. The molecule has 1 N–H and O–H groups in total. The molecule has 0 bridgehead atoms. The quantitative estimate of drug-likeness (QED) is 0.0898. The molecule has 61 heavy (non-hydrogen) atoms. The zero-order chi connectivity index (χ0) is 42.5. The Kier molecular flexibility index (Phi) is 12.8. The van der Waals surface area contributed by atoms with Crippen LogP contribution in [0.3, 0.4) is 0 Å². The molecule has 0 spiro atoms. The number of piperazine rings is 1. The van der Waals surface area contributed by atoms with E-state index in [-0.39, 0.29) is 17.7 Å². The lowest BCUT2D eigenvalue weighted by Gasteiger charge is -2.34. The number of fused-ring (bicyclic) bond motifs is 4. The van der Waals surface area contributed by atoms with Crippen molar-refractivity contribution in [1.82, 2.24) is 34.6 Å². The maximum Gasteiger partial charge on any atom is 0.406 e. The van der Waals surface area contributed by atoms with Crippen LogP contribution in [0.1, 0.15) is 45.7 Å². The first-order valence-corrected chi connectivity index (χ1v) is 20.6. The number of hydrogen-bond donors (Lipinski definition) is 1. The molecule has 5 aromatic rings. The van der Waals surface area contributed by atoms with Gasteiger partial charge in [0.05, 0.1) is 48.6 Å². The van der Waals surface area contributed by atoms with Crippen molar-refractivity contribution in [3.63, 3.8) is 0 Å². The Balaban J connectivity index is 0.684. The van der Waals surface area contributed by atoms with E-state index >= 15 is 0 Å². The second kappa shape index (κ2) is 18.5. The van der Waals surface area contributed by atoms with Crippen LogP contribution in [-0.4, -0.2) is 131 Å². The lowest BCUT2D eigenvalue weighted by Crippen LogP contribution is -2.51. The highest BCUT2D eigenvalue weighted by Crippen LogP contribution is 2.35. The zero-order valence-corrected chi connectivity index (χ0v) is 33.8. The standard InChI is InChI=1S/C45H48F3N7O6/c1-30-4-11-40(42(56)51-30)55-43(57)36-10-8-34(26-37(36)44(55)58)61-24-23-60-22-21-59-20-19-53-17-15-52(16-18-53)14-2-3-33-7-5-32(27-50-33)31-6-9-35-38-28-49-13-12-39(38)54(41(35)25-31)29-45(46,47)48/h5-10,12-13,25-28,40H,1-4,11,14-24,29H2,(H,51,56). The third kappa shape index (κ3) is 9.78. The fraction of sp³-hybridized carbons (Fsp3) is 0.400. The molecule has 320 valence electrons. The molecular formula is C45H48F3N7O6. The number of piperidine rings is 1. The fourth-order valence-corrected chi connectivity index (χ4v) is 8.29. The number of amides is 3. The van der Waals surface area contributed by atoms with Gasteiger partial charge in [0, 0.05) is 79.0 Å². The predicted octanol–water partition coefficient (Wildman–Crippen LogP) is 5.86. The topological polar surface area (TPSA) is 131 Å². The minimum absolute atomic E-state index is 0.222. The first-order chi connectivity index (χ1) is 29.5. The van der Waals surface area contributed by atoms with Crippen LogP contribution in [0.15, 0.2) is 85.5 Å². The van der Waals surface area contributed by atoms with Gasteiger partial charge in [-0.25, -0.2) is 0 Å². The highest BCUT2D eigenvalue weighted by molar-refractivity contribution is 6.23. The van der Waals surface area contributed by atoms with Crippen molar-refractivity contribution in [1.29, 1.82) is 0 Å². The van der Waals surface area contributed by atoms with Crippen molar-refractivity contribution in [3.05, 3.63) is 102 Å². The average molecular weight is 840 g/mol. The maximum atomic E-state index is 13.5. The third-order valence-electron chi connectivity index (χ3n) is 11.5. The van der Waals surface area contributed by atoms with Crippen LogP contribution < -0.4 is 10.1 Å². The van der Waals surface area contributed by atoms with Gasteiger partial charge in [0.2, 0.25) is 5.91 Å². The summed E-state index contributed by atoms with van der Waals surface area (Å²) < 4.78 is 59.1. The summed E-state index contributed by atoms with van der Waals surface area (Å²) in [5, 5.41) is 4.07. The van der Waals surface area contributed by atoms with Crippen LogP contribution in [-0.2, 0) is 27.2 Å². The molecule has 6 heterocycles. The van der Waals surface area contributed by atoms with Gasteiger partial charge in [0.25, 0.3) is 11.8 Å². The summed E-state index contributed by atoms with van der Waals surface area (Å²) in [4.78, 5) is 53.2. The van der Waals surface area contributed by atoms with Gasteiger partial charge in [-0.05, 0) is 74.2 Å². The Bertz CT molecular complexity index is 2410. The molecule has 8 rings (SSSR count). The van der Waals surface area contributed by atoms with Gasteiger partial charge in [-0.15, -0.1) is 0 Å². The molecule has 1 unspecified atom stereocenters. The van der Waals surface area contributed by atoms with Crippen molar-refractivity contribution in [2.45, 2.75) is 44.4 Å². The van der Waals surface area contributed by atoms with Crippen molar-refractivity contribution in [2.75, 3.05) is 72.3 Å². The lowest BCUT2D eigenvalue weighted by atomic mass is 10.0. The Labute approximate surface area is 351 Å². The zero-order valence-electron chi connectivity index (χ0n) is 33.8. The maximum absolute atomic E-state index is 13.5. The molecule has 2 aromatic carbocycles. The van der Waals surface area contributed by atoms with Gasteiger partial charge in [-0.3, -0.25) is 34.2 Å². The van der Waals surface area contributed by atoms with Gasteiger partial charge in [0.1, 0.15) is 24.9 Å². The van der Waals surface area contributed by atoms with E-state index in [4.69, 9.17) is 14.2 Å². The van der Waals surface area contributed by atoms with Crippen LogP contribution in [0.2, 0.25) is 0 Å². The Hall–Kier alpha value is -5.68. The number of alkyl halides is 3. The SMILES string of the molecule is C=C1CCC(N2C(=O)c3ccc(OCCOCCOCCN4CCN(CCCc5ccc(-c6ccc7c8cnccc8n(CC(F)(F)F)c7c6)cn5)CC4)cc3C2=O)C(=O)N1. The van der Waals surface area contributed by atoms with Crippen LogP contribution in [0.4, 0.5) is 13.2 Å². The van der Waals surface area contributed by atoms with E-state index in [0.717, 1.165) is 79.2 Å². The van der Waals surface area contributed by atoms with Crippen LogP contribution >= 0.6 is 0 Å². The first kappa shape index (κ1) is 42.0. The number of hydrogen-bond acceptors (Lipinski definition) is 10. The Morgan fingerprint density at radius 3 is 2.26 bits per heavy atom. The molecule has 13 nitrogen and oxygen atoms in total. The first-order valence-electron chi connectivity index (χ1n) is 20.6. The van der Waals surface area contributed by atoms with Crippen molar-refractivity contribution in [2.24, 2.45) is 0 Å². The Morgan fingerprint density at radius 2 is 1.51 bits per heavy atom. The number of aryl methyl sites for hydroxylation is 1. The molecule has 16 heteroatoms. The van der Waals surface area contributed by atoms with Crippen LogP contribution in [0, 0.1) is 0 Å². The molecule has 2 saturated heterocycles. The summed E-state index contributed by atoms with van der Waals surface area (Å²) in [6.45, 7) is 10.5. The van der Waals surface area contributed by atoms with Gasteiger partial charge in [-0.2, -0.15) is 13.2 Å². The van der Waals surface area contributed by atoms with Gasteiger partial charge >= 0.3 is 6.18 Å². The fourth-order valence-electron chi connectivity index (χ4n) is 8.29. The van der Waals surface area contributed by atoms with Gasteiger partial charge in [-0.1, -0.05) is 24.8 Å². The second-order valence-corrected chi connectivity index (χ2v) is 15.6. The molecule has 2 fully saturated rings. The summed E-state index contributed by atoms with van der Waals surface area (Å²) >= 11 is 0. The molecule has 0 radical (unpaired) electrons. The van der Waals surface area contributed by atoms with E-state index in [2.05, 4.69) is 31.7 Å². The van der Waals surface area contributed by atoms with E-state index in [1.165, 1.54) is 16.8 Å². The minimum Gasteiger partial charge on any atom is -0.491 e. The predicted molar refractivity (Wildman–Crippen MR) is 222 cm³/mol. The molecule has 3 amide bonds. The van der Waals surface area contributed by atoms with E-state index < -0.39 is 36.5 Å². The largest absolute Gasteiger partial charge is 0.491 e. The number of rotatable bonds is 17. The van der Waals surface area contributed by atoms with E-state index in [1.54, 1.807) is 36.7 Å². The molecular weight excluding hydrogens is 792 g/mol. The van der Waals surface area contributed by atoms with Gasteiger partial charge in [0.15, 0.2) is 0 Å². The number of allylic oxidation sites excluding steroid dienone is 1. The van der Waals surface area contributed by atoms with Crippen molar-refractivity contribution >= 4 is 39.5 Å². The molecule has 1 atom stereocenters. The van der Waals surface area contributed by atoms with E-state index in [1.807, 2.05) is 24.3 Å². The van der Waals surface area contributed by atoms with Crippen molar-refractivity contribution in [3.8, 4) is 16.9 Å². The monoisotopic (exact) mass is 839 g/mol. The third-order valence-corrected chi connectivity index (χ3v) is 11.5. The number of halogens is 3. The van der Waals surface area contributed by atoms with Gasteiger partial charge < -0.3 is 29.0 Å². The van der Waals surface area contributed by atoms with Crippen molar-refractivity contribution < 1.29 is 41.8 Å². The molecule has 3 aliphatic rings. The molecule has 3 aliphatic heterocycles. The number of pyridine rings is 2. The van der Waals surface area contributed by atoms with Crippen LogP contribution in [0.25, 0.3) is 32.9 Å². The summed E-state index contributed by atoms with van der Waals surface area (Å²) in [5.41, 5.74) is 4.73. The Morgan fingerprint density at radius 1 is 0.770 bits per heavy atom. The summed E-state index contributed by atoms with van der Waals surface area (Å²) in [6, 6.07) is 15.1. The highest BCUT2D eigenvalue weighted by atomic mass is 19.4.